The van der Waals surface area contributed by atoms with Gasteiger partial charge in [-0.1, -0.05) is 37.6 Å². The van der Waals surface area contributed by atoms with E-state index in [4.69, 9.17) is 4.55 Å². The lowest BCUT2D eigenvalue weighted by Gasteiger charge is -2.03. The van der Waals surface area contributed by atoms with Gasteiger partial charge in [0.05, 0.1) is 5.75 Å². The Bertz CT molecular complexity index is 435. The van der Waals surface area contributed by atoms with Gasteiger partial charge in [0.15, 0.2) is 0 Å². The molecule has 0 heterocycles. The topological polar surface area (TPSA) is 54.4 Å². The lowest BCUT2D eigenvalue weighted by Crippen LogP contribution is -2.03. The monoisotopic (exact) mass is 270 g/mol. The van der Waals surface area contributed by atoms with Gasteiger partial charge < -0.3 is 0 Å². The smallest absolute Gasteiger partial charge is 0.264 e. The third-order valence-electron chi connectivity index (χ3n) is 2.96. The van der Waals surface area contributed by atoms with Gasteiger partial charge >= 0.3 is 0 Å². The van der Waals surface area contributed by atoms with E-state index in [1.807, 2.05) is 0 Å². The zero-order chi connectivity index (χ0) is 13.4. The second kappa shape index (κ2) is 7.54. The van der Waals surface area contributed by atoms with Crippen molar-refractivity contribution in [3.05, 3.63) is 35.4 Å². The van der Waals surface area contributed by atoms with E-state index in [1.165, 1.54) is 24.0 Å². The predicted octanol–water partition coefficient (Wildman–Crippen LogP) is 3.24. The van der Waals surface area contributed by atoms with Gasteiger partial charge in [0.1, 0.15) is 0 Å². The maximum absolute atomic E-state index is 10.5. The van der Waals surface area contributed by atoms with Crippen LogP contribution in [0, 0.1) is 0 Å². The number of hydrogen-bond acceptors (Lipinski definition) is 2. The first-order valence-corrected chi connectivity index (χ1v) is 8.15. The highest BCUT2D eigenvalue weighted by molar-refractivity contribution is 7.85. The van der Waals surface area contributed by atoms with Crippen molar-refractivity contribution in [2.45, 2.75) is 45.4 Å². The van der Waals surface area contributed by atoms with E-state index in [0.717, 1.165) is 19.3 Å². The van der Waals surface area contributed by atoms with E-state index >= 15 is 0 Å². The van der Waals surface area contributed by atoms with Crippen LogP contribution in [0.3, 0.4) is 0 Å². The number of benzene rings is 1. The maximum atomic E-state index is 10.5. The van der Waals surface area contributed by atoms with Crippen LogP contribution in [0.25, 0.3) is 0 Å². The van der Waals surface area contributed by atoms with Gasteiger partial charge in [0.2, 0.25) is 0 Å². The van der Waals surface area contributed by atoms with Gasteiger partial charge in [0, 0.05) is 0 Å². The van der Waals surface area contributed by atoms with Crippen LogP contribution in [0.5, 0.6) is 0 Å². The molecular weight excluding hydrogens is 248 g/mol. The molecule has 0 aliphatic heterocycles. The summed E-state index contributed by atoms with van der Waals surface area (Å²) in [6.07, 6.45) is 5.71. The molecule has 4 heteroatoms. The van der Waals surface area contributed by atoms with E-state index in [1.54, 1.807) is 0 Å². The first kappa shape index (κ1) is 15.2. The highest BCUT2D eigenvalue weighted by Crippen LogP contribution is 2.10. The normalized spacial score (nSPS) is 11.7. The Labute approximate surface area is 110 Å². The Morgan fingerprint density at radius 1 is 0.944 bits per heavy atom. The summed E-state index contributed by atoms with van der Waals surface area (Å²) in [5.74, 6) is -0.137. The van der Waals surface area contributed by atoms with Crippen molar-refractivity contribution in [1.82, 2.24) is 0 Å². The fraction of sp³-hybridized carbons (Fsp3) is 0.571. The minimum Gasteiger partial charge on any atom is -0.286 e. The Balaban J connectivity index is 2.31. The molecule has 1 aromatic carbocycles. The van der Waals surface area contributed by atoms with E-state index in [2.05, 4.69) is 31.2 Å². The van der Waals surface area contributed by atoms with E-state index in [9.17, 15) is 8.42 Å². The molecule has 0 amide bonds. The highest BCUT2D eigenvalue weighted by Gasteiger charge is 2.03. The van der Waals surface area contributed by atoms with Crippen LogP contribution in [-0.2, 0) is 23.0 Å². The van der Waals surface area contributed by atoms with Crippen molar-refractivity contribution < 1.29 is 13.0 Å². The summed E-state index contributed by atoms with van der Waals surface area (Å²) in [6, 6.07) is 8.51. The second-order valence-corrected chi connectivity index (χ2v) is 6.24. The van der Waals surface area contributed by atoms with Gasteiger partial charge in [-0.25, -0.2) is 0 Å². The summed E-state index contributed by atoms with van der Waals surface area (Å²) in [5.41, 5.74) is 2.59. The number of aryl methyl sites for hydroxylation is 2. The minimum atomic E-state index is -3.80. The fourth-order valence-electron chi connectivity index (χ4n) is 1.87. The van der Waals surface area contributed by atoms with Crippen molar-refractivity contribution in [3.63, 3.8) is 0 Å². The standard InChI is InChI=1S/C14H22O3S/c1-2-3-6-13-8-10-14(11-9-13)7-4-5-12-18(15,16)17/h8-11H,2-7,12H2,1H3,(H,15,16,17). The highest BCUT2D eigenvalue weighted by atomic mass is 32.2. The van der Waals surface area contributed by atoms with Crippen molar-refractivity contribution in [2.75, 3.05) is 5.75 Å². The van der Waals surface area contributed by atoms with Gasteiger partial charge in [-0.2, -0.15) is 8.42 Å². The molecule has 0 fully saturated rings. The van der Waals surface area contributed by atoms with Crippen LogP contribution >= 0.6 is 0 Å². The summed E-state index contributed by atoms with van der Waals surface area (Å²) < 4.78 is 29.7. The van der Waals surface area contributed by atoms with Gasteiger partial charge in [-0.15, -0.1) is 0 Å². The van der Waals surface area contributed by atoms with Crippen LogP contribution in [-0.4, -0.2) is 18.7 Å². The average Bonchev–Trinajstić information content (AvgIpc) is 2.32. The molecule has 0 spiro atoms. The molecule has 0 aromatic heterocycles. The molecule has 0 saturated carbocycles. The summed E-state index contributed by atoms with van der Waals surface area (Å²) in [7, 11) is -3.80. The third-order valence-corrected chi connectivity index (χ3v) is 3.76. The SMILES string of the molecule is CCCCc1ccc(CCCCS(=O)(=O)O)cc1. The zero-order valence-corrected chi connectivity index (χ0v) is 11.7. The number of hydrogen-bond donors (Lipinski definition) is 1. The maximum Gasteiger partial charge on any atom is 0.264 e. The Kier molecular flexibility index (Phi) is 6.36. The Morgan fingerprint density at radius 3 is 1.89 bits per heavy atom. The molecule has 18 heavy (non-hydrogen) atoms. The van der Waals surface area contributed by atoms with Gasteiger partial charge in [-0.3, -0.25) is 4.55 Å². The van der Waals surface area contributed by atoms with Crippen LogP contribution in [0.2, 0.25) is 0 Å². The minimum absolute atomic E-state index is 0.137. The third kappa shape index (κ3) is 6.77. The molecule has 0 bridgehead atoms. The molecule has 0 radical (unpaired) electrons. The van der Waals surface area contributed by atoms with Crippen LogP contribution < -0.4 is 0 Å². The van der Waals surface area contributed by atoms with E-state index < -0.39 is 10.1 Å². The molecule has 1 N–H and O–H groups in total. The van der Waals surface area contributed by atoms with E-state index in [-0.39, 0.29) is 5.75 Å². The molecule has 0 aliphatic carbocycles. The van der Waals surface area contributed by atoms with Crippen molar-refractivity contribution in [1.29, 1.82) is 0 Å². The predicted molar refractivity (Wildman–Crippen MR) is 74.4 cm³/mol. The lowest BCUT2D eigenvalue weighted by molar-refractivity contribution is 0.480. The molecule has 0 unspecified atom stereocenters. The fourth-order valence-corrected chi connectivity index (χ4v) is 2.44. The number of unbranched alkanes of at least 4 members (excludes halogenated alkanes) is 2. The van der Waals surface area contributed by atoms with Crippen LogP contribution in [0.1, 0.15) is 43.7 Å². The van der Waals surface area contributed by atoms with Gasteiger partial charge in [-0.05, 0) is 43.2 Å². The molecule has 102 valence electrons. The van der Waals surface area contributed by atoms with Crippen molar-refractivity contribution >= 4 is 10.1 Å². The largest absolute Gasteiger partial charge is 0.286 e. The average molecular weight is 270 g/mol. The lowest BCUT2D eigenvalue weighted by atomic mass is 10.0. The number of rotatable bonds is 8. The summed E-state index contributed by atoms with van der Waals surface area (Å²) in [5, 5.41) is 0. The quantitative estimate of drug-likeness (QED) is 0.583. The Hall–Kier alpha value is -0.870. The van der Waals surface area contributed by atoms with E-state index in [0.29, 0.717) is 6.42 Å². The molecule has 0 atom stereocenters. The first-order chi connectivity index (χ1) is 8.51. The van der Waals surface area contributed by atoms with Crippen LogP contribution in [0.15, 0.2) is 24.3 Å². The molecule has 0 aliphatic rings. The summed E-state index contributed by atoms with van der Waals surface area (Å²) in [6.45, 7) is 2.18. The summed E-state index contributed by atoms with van der Waals surface area (Å²) >= 11 is 0. The molecule has 3 nitrogen and oxygen atoms in total. The first-order valence-electron chi connectivity index (χ1n) is 6.54. The molecular formula is C14H22O3S. The van der Waals surface area contributed by atoms with Gasteiger partial charge in [0.25, 0.3) is 10.1 Å². The van der Waals surface area contributed by atoms with Crippen LogP contribution in [0.4, 0.5) is 0 Å². The molecule has 1 aromatic rings. The van der Waals surface area contributed by atoms with Crippen molar-refractivity contribution in [2.24, 2.45) is 0 Å². The summed E-state index contributed by atoms with van der Waals surface area (Å²) in [4.78, 5) is 0. The Morgan fingerprint density at radius 2 is 1.44 bits per heavy atom. The zero-order valence-electron chi connectivity index (χ0n) is 10.9. The molecule has 0 saturated heterocycles. The molecule has 1 rings (SSSR count). The second-order valence-electron chi connectivity index (χ2n) is 4.66. The van der Waals surface area contributed by atoms with Crippen molar-refractivity contribution in [3.8, 4) is 0 Å².